The van der Waals surface area contributed by atoms with Gasteiger partial charge in [0.2, 0.25) is 11.8 Å². The van der Waals surface area contributed by atoms with E-state index in [9.17, 15) is 9.59 Å². The van der Waals surface area contributed by atoms with E-state index in [1.807, 2.05) is 31.2 Å². The zero-order valence-corrected chi connectivity index (χ0v) is 15.5. The van der Waals surface area contributed by atoms with Crippen LogP contribution >= 0.6 is 0 Å². The molecule has 2 amide bonds. The number of rotatable bonds is 5. The number of carbonyl (C=O) groups is 2. The van der Waals surface area contributed by atoms with Crippen LogP contribution in [0.2, 0.25) is 0 Å². The highest BCUT2D eigenvalue weighted by molar-refractivity contribution is 5.89. The monoisotopic (exact) mass is 350 g/mol. The lowest BCUT2D eigenvalue weighted by Crippen LogP contribution is -2.52. The van der Waals surface area contributed by atoms with E-state index in [0.717, 1.165) is 23.1 Å². The molecule has 1 aliphatic heterocycles. The first-order chi connectivity index (χ1) is 12.6. The maximum atomic E-state index is 12.9. The van der Waals surface area contributed by atoms with Gasteiger partial charge in [0.05, 0.1) is 0 Å². The number of benzene rings is 2. The average Bonchev–Trinajstić information content (AvgIpc) is 2.66. The van der Waals surface area contributed by atoms with E-state index in [0.29, 0.717) is 25.9 Å². The first kappa shape index (κ1) is 18.2. The van der Waals surface area contributed by atoms with Crippen molar-refractivity contribution in [3.8, 4) is 0 Å². The summed E-state index contributed by atoms with van der Waals surface area (Å²) in [6, 6.07) is 15.7. The van der Waals surface area contributed by atoms with Crippen molar-refractivity contribution in [1.82, 2.24) is 10.2 Å². The Bertz CT molecular complexity index is 783. The van der Waals surface area contributed by atoms with E-state index in [4.69, 9.17) is 0 Å². The molecule has 136 valence electrons. The lowest BCUT2D eigenvalue weighted by Gasteiger charge is -2.35. The summed E-state index contributed by atoms with van der Waals surface area (Å²) in [6.07, 6.45) is 2.13. The van der Waals surface area contributed by atoms with Crippen molar-refractivity contribution >= 4 is 11.8 Å². The van der Waals surface area contributed by atoms with Crippen LogP contribution in [0.15, 0.2) is 48.5 Å². The number of piperazine rings is 1. The van der Waals surface area contributed by atoms with Crippen molar-refractivity contribution in [2.45, 2.75) is 39.2 Å². The Morgan fingerprint density at radius 1 is 1.15 bits per heavy atom. The van der Waals surface area contributed by atoms with Gasteiger partial charge in [0.15, 0.2) is 0 Å². The second kappa shape index (κ2) is 8.17. The predicted octanol–water partition coefficient (Wildman–Crippen LogP) is 3.19. The minimum Gasteiger partial charge on any atom is -0.352 e. The molecule has 1 heterocycles. The van der Waals surface area contributed by atoms with Gasteiger partial charge in [-0.1, -0.05) is 61.0 Å². The van der Waals surface area contributed by atoms with Crippen LogP contribution in [0, 0.1) is 6.92 Å². The molecule has 0 saturated carbocycles. The Hall–Kier alpha value is -2.62. The minimum atomic E-state index is -0.529. The number of amides is 2. The molecular formula is C22H26N2O2. The fourth-order valence-electron chi connectivity index (χ4n) is 3.44. The molecule has 26 heavy (non-hydrogen) atoms. The highest BCUT2D eigenvalue weighted by atomic mass is 16.2. The quantitative estimate of drug-likeness (QED) is 0.900. The van der Waals surface area contributed by atoms with Gasteiger partial charge in [0, 0.05) is 19.5 Å². The fraction of sp³-hybridized carbons (Fsp3) is 0.364. The Morgan fingerprint density at radius 3 is 2.58 bits per heavy atom. The van der Waals surface area contributed by atoms with Crippen molar-refractivity contribution in [2.24, 2.45) is 0 Å². The van der Waals surface area contributed by atoms with E-state index >= 15 is 0 Å². The Labute approximate surface area is 155 Å². The van der Waals surface area contributed by atoms with Gasteiger partial charge in [-0.05, 0) is 36.5 Å². The van der Waals surface area contributed by atoms with Crippen LogP contribution in [0.1, 0.15) is 41.6 Å². The van der Waals surface area contributed by atoms with Crippen LogP contribution in [-0.4, -0.2) is 29.8 Å². The molecule has 0 radical (unpaired) electrons. The Balaban J connectivity index is 1.72. The van der Waals surface area contributed by atoms with Crippen LogP contribution in [0.5, 0.6) is 0 Å². The molecule has 1 atom stereocenters. The van der Waals surface area contributed by atoms with Crippen LogP contribution in [0.25, 0.3) is 0 Å². The molecule has 2 aromatic rings. The van der Waals surface area contributed by atoms with Crippen molar-refractivity contribution in [1.29, 1.82) is 0 Å². The third kappa shape index (κ3) is 4.13. The number of hydrogen-bond donors (Lipinski definition) is 1. The molecule has 0 spiro atoms. The molecule has 0 aromatic heterocycles. The largest absolute Gasteiger partial charge is 0.352 e. The highest BCUT2D eigenvalue weighted by Gasteiger charge is 2.33. The highest BCUT2D eigenvalue weighted by Crippen LogP contribution is 2.25. The third-order valence-corrected chi connectivity index (χ3v) is 4.95. The third-order valence-electron chi connectivity index (χ3n) is 4.95. The molecule has 1 saturated heterocycles. The average molecular weight is 350 g/mol. The van der Waals surface area contributed by atoms with Gasteiger partial charge in [-0.3, -0.25) is 9.59 Å². The van der Waals surface area contributed by atoms with E-state index in [2.05, 4.69) is 36.5 Å². The first-order valence-electron chi connectivity index (χ1n) is 9.30. The second-order valence-corrected chi connectivity index (χ2v) is 6.86. The summed E-state index contributed by atoms with van der Waals surface area (Å²) in [5, 5.41) is 2.89. The molecular weight excluding hydrogens is 324 g/mol. The van der Waals surface area contributed by atoms with E-state index in [1.165, 1.54) is 5.56 Å². The zero-order chi connectivity index (χ0) is 18.5. The summed E-state index contributed by atoms with van der Waals surface area (Å²) in [6.45, 7) is 5.19. The molecule has 1 aliphatic rings. The van der Waals surface area contributed by atoms with Gasteiger partial charge in [0.1, 0.15) is 6.04 Å². The van der Waals surface area contributed by atoms with Crippen LogP contribution in [0.3, 0.4) is 0 Å². The van der Waals surface area contributed by atoms with Gasteiger partial charge in [-0.25, -0.2) is 0 Å². The molecule has 4 nitrogen and oxygen atoms in total. The predicted molar refractivity (Wildman–Crippen MR) is 103 cm³/mol. The first-order valence-corrected chi connectivity index (χ1v) is 9.30. The summed E-state index contributed by atoms with van der Waals surface area (Å²) in [5.74, 6) is -0.0616. The van der Waals surface area contributed by atoms with Crippen molar-refractivity contribution in [2.75, 3.05) is 13.1 Å². The standard InChI is InChI=1S/C22H26N2O2/c1-3-17-7-9-18(10-8-17)11-12-20(25)24-14-13-23-22(26)21(24)19-6-4-5-16(2)15-19/h4-10,15,21H,3,11-14H2,1-2H3,(H,23,26). The normalized spacial score (nSPS) is 17.1. The topological polar surface area (TPSA) is 49.4 Å². The molecule has 1 N–H and O–H groups in total. The smallest absolute Gasteiger partial charge is 0.247 e. The SMILES string of the molecule is CCc1ccc(CCC(=O)N2CCNC(=O)C2c2cccc(C)c2)cc1. The molecule has 0 bridgehead atoms. The van der Waals surface area contributed by atoms with Crippen LogP contribution < -0.4 is 5.32 Å². The maximum Gasteiger partial charge on any atom is 0.247 e. The molecule has 2 aromatic carbocycles. The van der Waals surface area contributed by atoms with Gasteiger partial charge in [-0.15, -0.1) is 0 Å². The minimum absolute atomic E-state index is 0.0333. The summed E-state index contributed by atoms with van der Waals surface area (Å²) in [4.78, 5) is 27.0. The van der Waals surface area contributed by atoms with Gasteiger partial charge >= 0.3 is 0 Å². The summed E-state index contributed by atoms with van der Waals surface area (Å²) in [7, 11) is 0. The zero-order valence-electron chi connectivity index (χ0n) is 15.5. The Kier molecular flexibility index (Phi) is 5.71. The van der Waals surface area contributed by atoms with E-state index in [-0.39, 0.29) is 11.8 Å². The summed E-state index contributed by atoms with van der Waals surface area (Å²) < 4.78 is 0. The summed E-state index contributed by atoms with van der Waals surface area (Å²) >= 11 is 0. The molecule has 1 fully saturated rings. The lowest BCUT2D eigenvalue weighted by molar-refractivity contribution is -0.143. The number of aryl methyl sites for hydroxylation is 3. The molecule has 1 unspecified atom stereocenters. The van der Waals surface area contributed by atoms with Gasteiger partial charge in [0.25, 0.3) is 0 Å². The fourth-order valence-corrected chi connectivity index (χ4v) is 3.44. The van der Waals surface area contributed by atoms with Gasteiger partial charge < -0.3 is 10.2 Å². The van der Waals surface area contributed by atoms with E-state index in [1.54, 1.807) is 4.90 Å². The Morgan fingerprint density at radius 2 is 1.88 bits per heavy atom. The number of nitrogens with zero attached hydrogens (tertiary/aromatic N) is 1. The lowest BCUT2D eigenvalue weighted by atomic mass is 9.99. The van der Waals surface area contributed by atoms with Crippen molar-refractivity contribution in [3.05, 3.63) is 70.8 Å². The second-order valence-electron chi connectivity index (χ2n) is 6.86. The van der Waals surface area contributed by atoms with Crippen LogP contribution in [-0.2, 0) is 22.4 Å². The number of nitrogens with one attached hydrogen (secondary N) is 1. The molecule has 4 heteroatoms. The maximum absolute atomic E-state index is 12.9. The molecule has 3 rings (SSSR count). The van der Waals surface area contributed by atoms with Gasteiger partial charge in [-0.2, -0.15) is 0 Å². The van der Waals surface area contributed by atoms with Crippen LogP contribution in [0.4, 0.5) is 0 Å². The number of carbonyl (C=O) groups excluding carboxylic acids is 2. The van der Waals surface area contributed by atoms with Crippen molar-refractivity contribution in [3.63, 3.8) is 0 Å². The number of hydrogen-bond acceptors (Lipinski definition) is 2. The van der Waals surface area contributed by atoms with E-state index < -0.39 is 6.04 Å². The van der Waals surface area contributed by atoms with Crippen molar-refractivity contribution < 1.29 is 9.59 Å². The molecule has 0 aliphatic carbocycles. The summed E-state index contributed by atoms with van der Waals surface area (Å²) in [5.41, 5.74) is 4.42.